The van der Waals surface area contributed by atoms with Crippen molar-refractivity contribution in [1.82, 2.24) is 5.32 Å². The van der Waals surface area contributed by atoms with E-state index in [0.717, 1.165) is 0 Å². The summed E-state index contributed by atoms with van der Waals surface area (Å²) in [6.07, 6.45) is 0. The smallest absolute Gasteiger partial charge is 0.275 e. The predicted octanol–water partition coefficient (Wildman–Crippen LogP) is -1.18. The molecule has 1 amide bonds. The van der Waals surface area contributed by atoms with Gasteiger partial charge in [0.05, 0.1) is 0 Å². The minimum absolute atomic E-state index is 0.289. The summed E-state index contributed by atoms with van der Waals surface area (Å²) in [5.74, 6) is -0.289. The summed E-state index contributed by atoms with van der Waals surface area (Å²) in [6, 6.07) is 0. The highest BCUT2D eigenvalue weighted by Crippen LogP contribution is 2.10. The van der Waals surface area contributed by atoms with Gasteiger partial charge in [0, 0.05) is 0 Å². The first-order chi connectivity index (χ1) is 2.63. The van der Waals surface area contributed by atoms with Crippen molar-refractivity contribution in [2.45, 2.75) is 12.6 Å². The van der Waals surface area contributed by atoms with Gasteiger partial charge < -0.3 is 10.4 Å². The molecule has 0 aliphatic carbocycles. The number of nitrogens with one attached hydrogen (secondary N) is 1. The molecular formula is C3H5NO2. The summed E-state index contributed by atoms with van der Waals surface area (Å²) in [6.45, 7) is 1.41. The monoisotopic (exact) mass is 87.0 g/mol. The van der Waals surface area contributed by atoms with Gasteiger partial charge in [-0.05, 0) is 6.92 Å². The molecule has 0 aromatic rings. The number of rotatable bonds is 0. The summed E-state index contributed by atoms with van der Waals surface area (Å²) < 4.78 is 0. The third-order valence-corrected chi connectivity index (χ3v) is 0.737. The minimum Gasteiger partial charge on any atom is -0.363 e. The fourth-order valence-electron chi connectivity index (χ4n) is 0.190. The van der Waals surface area contributed by atoms with E-state index in [9.17, 15) is 4.79 Å². The van der Waals surface area contributed by atoms with Gasteiger partial charge in [-0.25, -0.2) is 0 Å². The van der Waals surface area contributed by atoms with Crippen LogP contribution in [0.1, 0.15) is 6.92 Å². The first-order valence-electron chi connectivity index (χ1n) is 1.68. The van der Waals surface area contributed by atoms with Crippen molar-refractivity contribution in [2.24, 2.45) is 0 Å². The summed E-state index contributed by atoms with van der Waals surface area (Å²) >= 11 is 0. The van der Waals surface area contributed by atoms with Crippen LogP contribution in [0.15, 0.2) is 0 Å². The highest BCUT2D eigenvalue weighted by atomic mass is 16.4. The van der Waals surface area contributed by atoms with Crippen LogP contribution in [0.3, 0.4) is 0 Å². The normalized spacial score (nSPS) is 42.0. The Morgan fingerprint density at radius 1 is 2.00 bits per heavy atom. The van der Waals surface area contributed by atoms with Crippen molar-refractivity contribution in [3.8, 4) is 0 Å². The van der Waals surface area contributed by atoms with E-state index in [4.69, 9.17) is 5.11 Å². The Labute approximate surface area is 35.0 Å². The van der Waals surface area contributed by atoms with Crippen molar-refractivity contribution in [2.75, 3.05) is 0 Å². The van der Waals surface area contributed by atoms with Gasteiger partial charge in [-0.15, -0.1) is 0 Å². The number of hydrogen-bond acceptors (Lipinski definition) is 2. The summed E-state index contributed by atoms with van der Waals surface area (Å²) in [5, 5.41) is 10.6. The molecule has 3 nitrogen and oxygen atoms in total. The van der Waals surface area contributed by atoms with E-state index in [-0.39, 0.29) is 5.91 Å². The molecule has 1 heterocycles. The molecule has 1 fully saturated rings. The van der Waals surface area contributed by atoms with Crippen LogP contribution in [0.2, 0.25) is 0 Å². The first kappa shape index (κ1) is 3.61. The van der Waals surface area contributed by atoms with E-state index >= 15 is 0 Å². The van der Waals surface area contributed by atoms with Gasteiger partial charge >= 0.3 is 0 Å². The van der Waals surface area contributed by atoms with Gasteiger partial charge in [0.15, 0.2) is 0 Å². The molecule has 3 heteroatoms. The Hall–Kier alpha value is -0.570. The number of carbonyl (C=O) groups is 1. The molecule has 1 aliphatic heterocycles. The quantitative estimate of drug-likeness (QED) is 0.365. The Morgan fingerprint density at radius 2 is 2.17 bits per heavy atom. The molecule has 1 rings (SSSR count). The van der Waals surface area contributed by atoms with Gasteiger partial charge in [-0.2, -0.15) is 0 Å². The SMILES string of the molecule is CC1(O)NC1=O. The van der Waals surface area contributed by atoms with Gasteiger partial charge in [0.1, 0.15) is 0 Å². The van der Waals surface area contributed by atoms with Crippen molar-refractivity contribution in [3.63, 3.8) is 0 Å². The molecule has 1 atom stereocenters. The second kappa shape index (κ2) is 0.586. The molecule has 1 unspecified atom stereocenters. The van der Waals surface area contributed by atoms with Crippen molar-refractivity contribution >= 4 is 5.91 Å². The maximum Gasteiger partial charge on any atom is 0.275 e. The zero-order valence-corrected chi connectivity index (χ0v) is 3.36. The van der Waals surface area contributed by atoms with Gasteiger partial charge in [0.25, 0.3) is 5.91 Å². The Balaban J connectivity index is 2.63. The fourth-order valence-corrected chi connectivity index (χ4v) is 0.190. The molecule has 0 bridgehead atoms. The van der Waals surface area contributed by atoms with E-state index in [1.54, 1.807) is 0 Å². The molecule has 1 aliphatic rings. The first-order valence-corrected chi connectivity index (χ1v) is 1.68. The molecular weight excluding hydrogens is 82.0 g/mol. The molecule has 0 aromatic carbocycles. The van der Waals surface area contributed by atoms with E-state index in [2.05, 4.69) is 5.32 Å². The average Bonchev–Trinajstić information content (AvgIpc) is 1.73. The van der Waals surface area contributed by atoms with Crippen LogP contribution in [-0.2, 0) is 4.79 Å². The number of amides is 1. The number of aliphatic hydroxyl groups is 1. The lowest BCUT2D eigenvalue weighted by atomic mass is 10.5. The number of carbonyl (C=O) groups excluding carboxylic acids is 1. The summed E-state index contributed by atoms with van der Waals surface area (Å²) in [4.78, 5) is 9.85. The van der Waals surface area contributed by atoms with Crippen molar-refractivity contribution in [1.29, 1.82) is 0 Å². The van der Waals surface area contributed by atoms with Gasteiger partial charge in [-0.3, -0.25) is 4.79 Å². The average molecular weight is 87.1 g/mol. The largest absolute Gasteiger partial charge is 0.363 e. The predicted molar refractivity (Wildman–Crippen MR) is 18.8 cm³/mol. The van der Waals surface area contributed by atoms with Crippen LogP contribution in [0.5, 0.6) is 0 Å². The zero-order chi connectivity index (χ0) is 4.78. The lowest BCUT2D eigenvalue weighted by Gasteiger charge is -1.80. The van der Waals surface area contributed by atoms with Gasteiger partial charge in [0.2, 0.25) is 5.72 Å². The summed E-state index contributed by atoms with van der Waals surface area (Å²) in [5.41, 5.74) is -1.18. The minimum atomic E-state index is -1.18. The second-order valence-electron chi connectivity index (χ2n) is 1.53. The van der Waals surface area contributed by atoms with Crippen LogP contribution in [0, 0.1) is 0 Å². The standard InChI is InChI=1S/C3H5NO2/c1-3(6)2(5)4-3/h6H,1H3,(H,4,5). The lowest BCUT2D eigenvalue weighted by molar-refractivity contribution is -0.115. The molecule has 0 radical (unpaired) electrons. The number of hydrogen-bond donors (Lipinski definition) is 2. The highest BCUT2D eigenvalue weighted by molar-refractivity contribution is 5.99. The summed E-state index contributed by atoms with van der Waals surface area (Å²) in [7, 11) is 0. The maximum absolute atomic E-state index is 9.85. The zero-order valence-electron chi connectivity index (χ0n) is 3.36. The molecule has 0 aromatic heterocycles. The van der Waals surface area contributed by atoms with Crippen LogP contribution in [-0.4, -0.2) is 16.7 Å². The van der Waals surface area contributed by atoms with E-state index in [1.165, 1.54) is 6.92 Å². The lowest BCUT2D eigenvalue weighted by Crippen LogP contribution is -2.05. The Kier molecular flexibility index (Phi) is 0.353. The van der Waals surface area contributed by atoms with Crippen molar-refractivity contribution in [3.05, 3.63) is 0 Å². The van der Waals surface area contributed by atoms with E-state index < -0.39 is 5.72 Å². The topological polar surface area (TPSA) is 59.2 Å². The third kappa shape index (κ3) is 0.285. The van der Waals surface area contributed by atoms with Crippen LogP contribution in [0.4, 0.5) is 0 Å². The fraction of sp³-hybridized carbons (Fsp3) is 0.667. The molecule has 0 saturated carbocycles. The van der Waals surface area contributed by atoms with E-state index in [0.29, 0.717) is 0 Å². The molecule has 2 N–H and O–H groups in total. The van der Waals surface area contributed by atoms with Crippen molar-refractivity contribution < 1.29 is 9.90 Å². The molecule has 1 saturated heterocycles. The van der Waals surface area contributed by atoms with E-state index in [1.807, 2.05) is 0 Å². The molecule has 6 heavy (non-hydrogen) atoms. The van der Waals surface area contributed by atoms with Crippen LogP contribution in [0.25, 0.3) is 0 Å². The Morgan fingerprint density at radius 3 is 2.17 bits per heavy atom. The van der Waals surface area contributed by atoms with Crippen LogP contribution >= 0.6 is 0 Å². The molecule has 34 valence electrons. The molecule has 0 spiro atoms. The maximum atomic E-state index is 9.85. The van der Waals surface area contributed by atoms with Crippen LogP contribution < -0.4 is 5.32 Å². The van der Waals surface area contributed by atoms with Gasteiger partial charge in [-0.1, -0.05) is 0 Å². The third-order valence-electron chi connectivity index (χ3n) is 0.737. The Bertz CT molecular complexity index is 97.0. The second-order valence-corrected chi connectivity index (χ2v) is 1.53. The highest BCUT2D eigenvalue weighted by Gasteiger charge is 2.46.